The Bertz CT molecular complexity index is 915. The zero-order valence-corrected chi connectivity index (χ0v) is 17.9. The molecular weight excluding hydrogens is 390 g/mol. The Hall–Kier alpha value is -1.78. The molecule has 0 spiro atoms. The summed E-state index contributed by atoms with van der Waals surface area (Å²) < 4.78 is 34.9. The average molecular weight is 420 g/mol. The van der Waals surface area contributed by atoms with E-state index < -0.39 is 10.2 Å². The van der Waals surface area contributed by atoms with Crippen LogP contribution in [0.15, 0.2) is 34.7 Å². The van der Waals surface area contributed by atoms with Crippen LogP contribution in [0.3, 0.4) is 0 Å². The van der Waals surface area contributed by atoms with Crippen LogP contribution in [0.4, 0.5) is 0 Å². The van der Waals surface area contributed by atoms with Gasteiger partial charge < -0.3 is 9.32 Å². The third kappa shape index (κ3) is 4.54. The summed E-state index contributed by atoms with van der Waals surface area (Å²) in [6, 6.07) is 9.87. The third-order valence-corrected chi connectivity index (χ3v) is 7.77. The van der Waals surface area contributed by atoms with Gasteiger partial charge in [0.15, 0.2) is 0 Å². The summed E-state index contributed by atoms with van der Waals surface area (Å²) in [6.45, 7) is 7.73. The van der Waals surface area contributed by atoms with E-state index in [-0.39, 0.29) is 0 Å². The molecule has 0 atom stereocenters. The first-order chi connectivity index (χ1) is 13.9. The van der Waals surface area contributed by atoms with Crippen molar-refractivity contribution in [1.82, 2.24) is 23.4 Å². The lowest BCUT2D eigenvalue weighted by atomic mass is 10.2. The summed E-state index contributed by atoms with van der Waals surface area (Å²) in [4.78, 5) is 9.08. The first-order valence-electron chi connectivity index (χ1n) is 10.1. The van der Waals surface area contributed by atoms with E-state index in [1.165, 1.54) is 0 Å². The zero-order chi connectivity index (χ0) is 20.4. The van der Waals surface area contributed by atoms with E-state index in [4.69, 9.17) is 4.42 Å². The van der Waals surface area contributed by atoms with Gasteiger partial charge in [-0.15, -0.1) is 0 Å². The van der Waals surface area contributed by atoms with E-state index in [9.17, 15) is 8.42 Å². The van der Waals surface area contributed by atoms with Crippen molar-refractivity contribution < 1.29 is 12.8 Å². The monoisotopic (exact) mass is 419 g/mol. The molecule has 3 heterocycles. The minimum Gasteiger partial charge on any atom is -0.441 e. The molecule has 1 aromatic heterocycles. The molecule has 2 saturated heterocycles. The third-order valence-electron chi connectivity index (χ3n) is 5.73. The largest absolute Gasteiger partial charge is 0.441 e. The molecule has 2 aromatic rings. The van der Waals surface area contributed by atoms with E-state index >= 15 is 0 Å². The Morgan fingerprint density at radius 2 is 1.52 bits per heavy atom. The molecule has 4 rings (SSSR count). The molecule has 0 unspecified atom stereocenters. The van der Waals surface area contributed by atoms with Gasteiger partial charge in [-0.25, -0.2) is 4.98 Å². The lowest BCUT2D eigenvalue weighted by Crippen LogP contribution is -2.56. The zero-order valence-electron chi connectivity index (χ0n) is 17.1. The van der Waals surface area contributed by atoms with Crippen LogP contribution in [0.25, 0.3) is 11.5 Å². The van der Waals surface area contributed by atoms with Crippen LogP contribution in [-0.2, 0) is 16.8 Å². The maximum absolute atomic E-state index is 12.9. The number of hydrogen-bond acceptors (Lipinski definition) is 6. The molecule has 9 heteroatoms. The Morgan fingerprint density at radius 1 is 0.931 bits per heavy atom. The number of likely N-dealkylation sites (N-methyl/N-ethyl adjacent to an activating group) is 1. The SMILES string of the molecule is Cc1oc(-c2ccccc2)nc1CN1CCN(S(=O)(=O)N2CCN(C)CC2)CC1. The molecule has 158 valence electrons. The highest BCUT2D eigenvalue weighted by molar-refractivity contribution is 7.86. The van der Waals surface area contributed by atoms with Crippen molar-refractivity contribution in [3.63, 3.8) is 0 Å². The number of aryl methyl sites for hydroxylation is 1. The van der Waals surface area contributed by atoms with Gasteiger partial charge in [0.05, 0.1) is 5.69 Å². The van der Waals surface area contributed by atoms with Crippen LogP contribution in [-0.4, -0.2) is 91.2 Å². The molecule has 1 aromatic carbocycles. The molecule has 0 N–H and O–H groups in total. The molecule has 0 aliphatic carbocycles. The van der Waals surface area contributed by atoms with Crippen LogP contribution >= 0.6 is 0 Å². The lowest BCUT2D eigenvalue weighted by Gasteiger charge is -2.38. The second kappa shape index (κ2) is 8.53. The summed E-state index contributed by atoms with van der Waals surface area (Å²) in [7, 11) is -1.34. The van der Waals surface area contributed by atoms with Crippen LogP contribution in [0, 0.1) is 6.92 Å². The van der Waals surface area contributed by atoms with Crippen LogP contribution in [0.5, 0.6) is 0 Å². The number of benzene rings is 1. The van der Waals surface area contributed by atoms with Crippen molar-refractivity contribution in [2.24, 2.45) is 0 Å². The van der Waals surface area contributed by atoms with Gasteiger partial charge in [-0.3, -0.25) is 4.90 Å². The summed E-state index contributed by atoms with van der Waals surface area (Å²) in [6.07, 6.45) is 0. The van der Waals surface area contributed by atoms with Gasteiger partial charge in [-0.05, 0) is 26.1 Å². The first-order valence-corrected chi connectivity index (χ1v) is 11.5. The van der Waals surface area contributed by atoms with Gasteiger partial charge in [0.1, 0.15) is 5.76 Å². The molecule has 0 amide bonds. The van der Waals surface area contributed by atoms with Crippen LogP contribution in [0.1, 0.15) is 11.5 Å². The van der Waals surface area contributed by atoms with E-state index in [1.54, 1.807) is 8.61 Å². The van der Waals surface area contributed by atoms with Crippen molar-refractivity contribution in [1.29, 1.82) is 0 Å². The fraction of sp³-hybridized carbons (Fsp3) is 0.550. The fourth-order valence-corrected chi connectivity index (χ4v) is 5.37. The van der Waals surface area contributed by atoms with Gasteiger partial charge in [-0.2, -0.15) is 17.0 Å². The maximum Gasteiger partial charge on any atom is 0.282 e. The predicted octanol–water partition coefficient (Wildman–Crippen LogP) is 1.26. The van der Waals surface area contributed by atoms with Crippen molar-refractivity contribution in [2.75, 3.05) is 59.4 Å². The van der Waals surface area contributed by atoms with E-state index in [0.29, 0.717) is 51.7 Å². The molecule has 2 aliphatic heterocycles. The number of oxazole rings is 1. The molecule has 2 aliphatic rings. The highest BCUT2D eigenvalue weighted by atomic mass is 32.2. The van der Waals surface area contributed by atoms with Crippen LogP contribution in [0.2, 0.25) is 0 Å². The first kappa shape index (κ1) is 20.5. The molecule has 0 saturated carbocycles. The topological polar surface area (TPSA) is 73.1 Å². The molecular formula is C20H29N5O3S. The van der Waals surface area contributed by atoms with Gasteiger partial charge >= 0.3 is 0 Å². The quantitative estimate of drug-likeness (QED) is 0.727. The van der Waals surface area contributed by atoms with Crippen molar-refractivity contribution in [3.8, 4) is 11.5 Å². The minimum atomic E-state index is -3.37. The smallest absolute Gasteiger partial charge is 0.282 e. The van der Waals surface area contributed by atoms with Crippen molar-refractivity contribution >= 4 is 10.2 Å². The summed E-state index contributed by atoms with van der Waals surface area (Å²) in [5, 5.41) is 0. The Kier molecular flexibility index (Phi) is 6.03. The number of aromatic nitrogens is 1. The molecule has 8 nitrogen and oxygen atoms in total. The molecule has 29 heavy (non-hydrogen) atoms. The Labute approximate surface area is 172 Å². The second-order valence-electron chi connectivity index (χ2n) is 7.77. The number of piperazine rings is 2. The number of nitrogens with zero attached hydrogens (tertiary/aromatic N) is 5. The molecule has 2 fully saturated rings. The van der Waals surface area contributed by atoms with E-state index in [2.05, 4.69) is 14.8 Å². The minimum absolute atomic E-state index is 0.511. The van der Waals surface area contributed by atoms with Crippen LogP contribution < -0.4 is 0 Å². The van der Waals surface area contributed by atoms with Gasteiger partial charge in [0.2, 0.25) is 5.89 Å². The van der Waals surface area contributed by atoms with Gasteiger partial charge in [-0.1, -0.05) is 18.2 Å². The lowest BCUT2D eigenvalue weighted by molar-refractivity contribution is 0.163. The standard InChI is InChI=1S/C20H29N5O3S/c1-17-19(21-20(28-17)18-6-4-3-5-7-18)16-23-10-14-25(15-11-23)29(26,27)24-12-8-22(2)9-13-24/h3-7H,8-16H2,1-2H3. The predicted molar refractivity (Wildman–Crippen MR) is 112 cm³/mol. The highest BCUT2D eigenvalue weighted by Gasteiger charge is 2.34. The normalized spacial score (nSPS) is 20.9. The van der Waals surface area contributed by atoms with Crippen molar-refractivity contribution in [2.45, 2.75) is 13.5 Å². The van der Waals surface area contributed by atoms with Gasteiger partial charge in [0.25, 0.3) is 10.2 Å². The average Bonchev–Trinajstić information content (AvgIpc) is 3.10. The van der Waals surface area contributed by atoms with E-state index in [1.807, 2.05) is 44.3 Å². The van der Waals surface area contributed by atoms with Crippen molar-refractivity contribution in [3.05, 3.63) is 41.8 Å². The summed E-state index contributed by atoms with van der Waals surface area (Å²) in [5.74, 6) is 1.45. The summed E-state index contributed by atoms with van der Waals surface area (Å²) >= 11 is 0. The van der Waals surface area contributed by atoms with Gasteiger partial charge in [0, 0.05) is 64.5 Å². The number of hydrogen-bond donors (Lipinski definition) is 0. The van der Waals surface area contributed by atoms with E-state index in [0.717, 1.165) is 30.1 Å². The Balaban J connectivity index is 1.35. The summed E-state index contributed by atoms with van der Waals surface area (Å²) in [5.41, 5.74) is 1.88. The molecule has 0 radical (unpaired) electrons. The fourth-order valence-electron chi connectivity index (χ4n) is 3.79. The molecule has 0 bridgehead atoms. The highest BCUT2D eigenvalue weighted by Crippen LogP contribution is 2.23. The Morgan fingerprint density at radius 3 is 2.14 bits per heavy atom. The second-order valence-corrected chi connectivity index (χ2v) is 9.70. The maximum atomic E-state index is 12.9. The number of rotatable bonds is 5.